The fourth-order valence-corrected chi connectivity index (χ4v) is 5.87. The SMILES string of the molecule is COc1ccc(N2C(=O)[C@H]3[C@@H]4C(=C(N)S[C@H]3C2=O)C(=O)Oc2c(OC)cccc24)cc1OC. The number of carbonyl (C=O) groups is 3. The van der Waals surface area contributed by atoms with Crippen molar-refractivity contribution in [2.45, 2.75) is 11.2 Å². The highest BCUT2D eigenvalue weighted by atomic mass is 32.2. The van der Waals surface area contributed by atoms with Gasteiger partial charge in [0.1, 0.15) is 5.25 Å². The minimum Gasteiger partial charge on any atom is -0.493 e. The lowest BCUT2D eigenvalue weighted by Crippen LogP contribution is -2.39. The van der Waals surface area contributed by atoms with Crippen molar-refractivity contribution in [3.63, 3.8) is 0 Å². The summed E-state index contributed by atoms with van der Waals surface area (Å²) in [5.41, 5.74) is 7.35. The lowest BCUT2D eigenvalue weighted by atomic mass is 9.77. The maximum Gasteiger partial charge on any atom is 0.342 e. The third kappa shape index (κ3) is 2.97. The molecule has 0 radical (unpaired) electrons. The smallest absolute Gasteiger partial charge is 0.342 e. The zero-order valence-corrected chi connectivity index (χ0v) is 18.8. The molecular formula is C23H20N2O7S. The summed E-state index contributed by atoms with van der Waals surface area (Å²) in [6.45, 7) is 0. The Bertz CT molecular complexity index is 1240. The van der Waals surface area contributed by atoms with Crippen LogP contribution < -0.4 is 29.6 Å². The number of imide groups is 1. The van der Waals surface area contributed by atoms with E-state index in [0.29, 0.717) is 28.5 Å². The molecule has 0 unspecified atom stereocenters. The second kappa shape index (κ2) is 7.73. The molecule has 3 aliphatic heterocycles. The number of esters is 1. The molecule has 2 aromatic rings. The van der Waals surface area contributed by atoms with Gasteiger partial charge in [-0.05, 0) is 18.2 Å². The van der Waals surface area contributed by atoms with E-state index in [1.165, 1.54) is 21.3 Å². The van der Waals surface area contributed by atoms with Crippen molar-refractivity contribution in [1.29, 1.82) is 0 Å². The zero-order chi connectivity index (χ0) is 23.4. The third-order valence-electron chi connectivity index (χ3n) is 6.09. The van der Waals surface area contributed by atoms with Crippen molar-refractivity contribution in [3.05, 3.63) is 52.6 Å². The molecule has 0 aromatic heterocycles. The molecule has 3 heterocycles. The number of ether oxygens (including phenoxy) is 4. The topological polar surface area (TPSA) is 117 Å². The summed E-state index contributed by atoms with van der Waals surface area (Å²) >= 11 is 1.02. The van der Waals surface area contributed by atoms with Crippen molar-refractivity contribution in [3.8, 4) is 23.0 Å². The number of nitrogens with two attached hydrogens (primary N) is 1. The van der Waals surface area contributed by atoms with E-state index in [0.717, 1.165) is 16.7 Å². The van der Waals surface area contributed by atoms with Crippen molar-refractivity contribution >= 4 is 35.2 Å². The van der Waals surface area contributed by atoms with Crippen molar-refractivity contribution in [2.24, 2.45) is 11.7 Å². The number of thioether (sulfide) groups is 1. The van der Waals surface area contributed by atoms with Crippen LogP contribution in [-0.4, -0.2) is 44.4 Å². The van der Waals surface area contributed by atoms with Crippen molar-refractivity contribution < 1.29 is 33.3 Å². The fourth-order valence-electron chi connectivity index (χ4n) is 4.63. The average molecular weight is 468 g/mol. The maximum absolute atomic E-state index is 13.7. The molecule has 2 amide bonds. The van der Waals surface area contributed by atoms with E-state index in [1.807, 2.05) is 0 Å². The third-order valence-corrected chi connectivity index (χ3v) is 7.31. The van der Waals surface area contributed by atoms with Gasteiger partial charge in [0.25, 0.3) is 0 Å². The molecule has 3 aliphatic rings. The summed E-state index contributed by atoms with van der Waals surface area (Å²) in [6, 6.07) is 9.97. The van der Waals surface area contributed by atoms with Crippen LogP contribution in [0.5, 0.6) is 23.0 Å². The van der Waals surface area contributed by atoms with E-state index >= 15 is 0 Å². The number of anilines is 1. The van der Waals surface area contributed by atoms with Gasteiger partial charge in [0.2, 0.25) is 11.8 Å². The number of amides is 2. The molecule has 3 atom stereocenters. The van der Waals surface area contributed by atoms with Crippen LogP contribution >= 0.6 is 11.8 Å². The van der Waals surface area contributed by atoms with Gasteiger partial charge in [0, 0.05) is 17.5 Å². The largest absolute Gasteiger partial charge is 0.493 e. The highest BCUT2D eigenvalue weighted by Gasteiger charge is 2.59. The van der Waals surface area contributed by atoms with Gasteiger partial charge in [0.15, 0.2) is 23.0 Å². The van der Waals surface area contributed by atoms with Crippen molar-refractivity contribution in [2.75, 3.05) is 26.2 Å². The van der Waals surface area contributed by atoms with Gasteiger partial charge in [-0.15, -0.1) is 0 Å². The second-order valence-electron chi connectivity index (χ2n) is 7.64. The van der Waals surface area contributed by atoms with Crippen LogP contribution in [-0.2, 0) is 14.4 Å². The highest BCUT2D eigenvalue weighted by molar-refractivity contribution is 8.04. The molecule has 2 aromatic carbocycles. The van der Waals surface area contributed by atoms with Gasteiger partial charge in [0.05, 0.1) is 43.5 Å². The van der Waals surface area contributed by atoms with Crippen LogP contribution in [0.1, 0.15) is 11.5 Å². The Kier molecular flexibility index (Phi) is 4.97. The zero-order valence-electron chi connectivity index (χ0n) is 18.0. The van der Waals surface area contributed by atoms with Crippen LogP contribution in [0.15, 0.2) is 47.0 Å². The maximum atomic E-state index is 13.7. The molecule has 1 saturated heterocycles. The van der Waals surface area contributed by atoms with Gasteiger partial charge in [-0.2, -0.15) is 0 Å². The quantitative estimate of drug-likeness (QED) is 0.409. The van der Waals surface area contributed by atoms with E-state index < -0.39 is 34.9 Å². The molecule has 1 fully saturated rings. The number of rotatable bonds is 4. The van der Waals surface area contributed by atoms with Crippen LogP contribution in [0.4, 0.5) is 5.69 Å². The van der Waals surface area contributed by atoms with E-state index in [-0.39, 0.29) is 16.4 Å². The highest BCUT2D eigenvalue weighted by Crippen LogP contribution is 2.56. The Morgan fingerprint density at radius 3 is 2.36 bits per heavy atom. The minimum absolute atomic E-state index is 0.176. The summed E-state index contributed by atoms with van der Waals surface area (Å²) in [5.74, 6) is -1.60. The summed E-state index contributed by atoms with van der Waals surface area (Å²) in [4.78, 5) is 41.2. The summed E-state index contributed by atoms with van der Waals surface area (Å²) in [7, 11) is 4.43. The monoisotopic (exact) mass is 468 g/mol. The molecule has 5 rings (SSSR count). The molecule has 0 saturated carbocycles. The number of nitrogens with zero attached hydrogens (tertiary/aromatic N) is 1. The number of fused-ring (bicyclic) bond motifs is 5. The first-order valence-corrected chi connectivity index (χ1v) is 10.9. The normalized spacial score (nSPS) is 23.5. The van der Waals surface area contributed by atoms with E-state index in [1.54, 1.807) is 36.4 Å². The predicted octanol–water partition coefficient (Wildman–Crippen LogP) is 2.19. The number of hydrogen-bond acceptors (Lipinski definition) is 9. The fraction of sp³-hybridized carbons (Fsp3) is 0.261. The van der Waals surface area contributed by atoms with E-state index in [4.69, 9.17) is 24.7 Å². The standard InChI is InChI=1S/C23H20N2O7S/c1-29-12-8-7-10(9-14(12)31-3)25-21(26)16-15-11-5-4-6-13(30-2)18(11)32-23(28)17(15)20(24)33-19(16)22(25)27/h4-9,15-16,19H,24H2,1-3H3/t15-,16+,19-/m1/s1. The number of methoxy groups -OCH3 is 3. The Balaban J connectivity index is 1.64. The molecule has 2 N–H and O–H groups in total. The molecule has 10 heteroatoms. The molecule has 0 spiro atoms. The minimum atomic E-state index is -0.836. The Morgan fingerprint density at radius 2 is 1.67 bits per heavy atom. The van der Waals surface area contributed by atoms with Gasteiger partial charge >= 0.3 is 5.97 Å². The molecule has 0 bridgehead atoms. The van der Waals surface area contributed by atoms with Gasteiger partial charge < -0.3 is 24.7 Å². The Hall–Kier alpha value is -3.66. The molecule has 33 heavy (non-hydrogen) atoms. The first-order chi connectivity index (χ1) is 15.9. The lowest BCUT2D eigenvalue weighted by molar-refractivity contribution is -0.132. The molecular weight excluding hydrogens is 448 g/mol. The lowest BCUT2D eigenvalue weighted by Gasteiger charge is -2.36. The average Bonchev–Trinajstić information content (AvgIpc) is 3.07. The van der Waals surface area contributed by atoms with Crippen molar-refractivity contribution in [1.82, 2.24) is 0 Å². The van der Waals surface area contributed by atoms with Gasteiger partial charge in [-0.25, -0.2) is 9.69 Å². The van der Waals surface area contributed by atoms with Crippen LogP contribution in [0, 0.1) is 5.92 Å². The van der Waals surface area contributed by atoms with Crippen LogP contribution in [0.25, 0.3) is 0 Å². The predicted molar refractivity (Wildman–Crippen MR) is 119 cm³/mol. The number of para-hydroxylation sites is 1. The van der Waals surface area contributed by atoms with Crippen LogP contribution in [0.2, 0.25) is 0 Å². The number of hydrogen-bond donors (Lipinski definition) is 1. The first kappa shape index (κ1) is 21.2. The first-order valence-electron chi connectivity index (χ1n) is 10.1. The molecule has 170 valence electrons. The summed E-state index contributed by atoms with van der Waals surface area (Å²) < 4.78 is 21.5. The Labute approximate surface area is 193 Å². The van der Waals surface area contributed by atoms with E-state index in [9.17, 15) is 14.4 Å². The number of carbonyl (C=O) groups excluding carboxylic acids is 3. The van der Waals surface area contributed by atoms with Crippen LogP contribution in [0.3, 0.4) is 0 Å². The van der Waals surface area contributed by atoms with Gasteiger partial charge in [-0.1, -0.05) is 23.9 Å². The molecule has 0 aliphatic carbocycles. The number of benzene rings is 2. The second-order valence-corrected chi connectivity index (χ2v) is 8.82. The summed E-state index contributed by atoms with van der Waals surface area (Å²) in [6.07, 6.45) is 0. The Morgan fingerprint density at radius 1 is 0.939 bits per heavy atom. The summed E-state index contributed by atoms with van der Waals surface area (Å²) in [5, 5.41) is -0.612. The van der Waals surface area contributed by atoms with E-state index in [2.05, 4.69) is 0 Å². The van der Waals surface area contributed by atoms with Gasteiger partial charge in [-0.3, -0.25) is 9.59 Å². The molecule has 9 nitrogen and oxygen atoms in total.